The molecule has 0 amide bonds. The zero-order valence-electron chi connectivity index (χ0n) is 12.3. The van der Waals surface area contributed by atoms with Crippen LogP contribution in [0.5, 0.6) is 0 Å². The van der Waals surface area contributed by atoms with Gasteiger partial charge in [0.1, 0.15) is 0 Å². The Balaban J connectivity index is 2.48. The van der Waals surface area contributed by atoms with Crippen LogP contribution in [0.3, 0.4) is 0 Å². The smallest absolute Gasteiger partial charge is 0.0518 e. The van der Waals surface area contributed by atoms with Crippen molar-refractivity contribution in [3.8, 4) is 0 Å². The largest absolute Gasteiger partial charge is 0.379 e. The second-order valence-corrected chi connectivity index (χ2v) is 5.65. The summed E-state index contributed by atoms with van der Waals surface area (Å²) in [6, 6.07) is 8.15. The molecule has 1 atom stereocenters. The molecule has 108 valence electrons. The van der Waals surface area contributed by atoms with Gasteiger partial charge in [-0.1, -0.05) is 30.7 Å². The highest BCUT2D eigenvalue weighted by Crippen LogP contribution is 2.16. The van der Waals surface area contributed by atoms with Gasteiger partial charge < -0.3 is 10.1 Å². The summed E-state index contributed by atoms with van der Waals surface area (Å²) in [6.07, 6.45) is 2.44. The van der Waals surface area contributed by atoms with E-state index in [0.29, 0.717) is 12.0 Å². The van der Waals surface area contributed by atoms with Crippen LogP contribution < -0.4 is 5.32 Å². The quantitative estimate of drug-likeness (QED) is 0.742. The van der Waals surface area contributed by atoms with Crippen LogP contribution in [0, 0.1) is 5.92 Å². The maximum Gasteiger partial charge on any atom is 0.0518 e. The third-order valence-corrected chi connectivity index (χ3v) is 3.31. The molecule has 0 bridgehead atoms. The van der Waals surface area contributed by atoms with Gasteiger partial charge in [-0.3, -0.25) is 0 Å². The summed E-state index contributed by atoms with van der Waals surface area (Å²) in [5, 5.41) is 4.25. The Morgan fingerprint density at radius 2 is 2.11 bits per heavy atom. The van der Waals surface area contributed by atoms with Gasteiger partial charge in [-0.25, -0.2) is 0 Å². The number of benzene rings is 1. The van der Waals surface area contributed by atoms with Crippen LogP contribution in [0.1, 0.15) is 32.8 Å². The second kappa shape index (κ2) is 9.35. The minimum absolute atomic E-state index is 0.311. The summed E-state index contributed by atoms with van der Waals surface area (Å²) < 4.78 is 5.66. The van der Waals surface area contributed by atoms with Gasteiger partial charge in [0.15, 0.2) is 0 Å². The predicted molar refractivity (Wildman–Crippen MR) is 82.9 cm³/mol. The lowest BCUT2D eigenvalue weighted by Crippen LogP contribution is -2.25. The Morgan fingerprint density at radius 3 is 2.74 bits per heavy atom. The Hall–Kier alpha value is -0.570. The molecule has 1 aromatic rings. The van der Waals surface area contributed by atoms with Crippen LogP contribution in [0.4, 0.5) is 0 Å². The van der Waals surface area contributed by atoms with Crippen molar-refractivity contribution in [1.29, 1.82) is 0 Å². The van der Waals surface area contributed by atoms with Crippen molar-refractivity contribution in [2.75, 3.05) is 19.7 Å². The number of ether oxygens (including phenoxy) is 1. The van der Waals surface area contributed by atoms with E-state index in [2.05, 4.69) is 38.2 Å². The Bertz CT molecular complexity index is 354. The Morgan fingerprint density at radius 1 is 1.32 bits per heavy atom. The van der Waals surface area contributed by atoms with Crippen LogP contribution in [0.25, 0.3) is 0 Å². The molecule has 2 nitrogen and oxygen atoms in total. The van der Waals surface area contributed by atoms with E-state index in [1.165, 1.54) is 5.56 Å². The first-order valence-electron chi connectivity index (χ1n) is 7.18. The molecule has 0 aliphatic heterocycles. The molecule has 0 aliphatic carbocycles. The molecular weight excluding hydrogens is 258 g/mol. The third-order valence-electron chi connectivity index (χ3n) is 3.07. The molecule has 19 heavy (non-hydrogen) atoms. The van der Waals surface area contributed by atoms with E-state index in [-0.39, 0.29) is 0 Å². The number of hydrogen-bond acceptors (Lipinski definition) is 2. The van der Waals surface area contributed by atoms with Crippen LogP contribution in [0.2, 0.25) is 5.02 Å². The minimum Gasteiger partial charge on any atom is -0.379 e. The molecule has 1 N–H and O–H groups in total. The van der Waals surface area contributed by atoms with Crippen LogP contribution >= 0.6 is 11.6 Å². The summed E-state index contributed by atoms with van der Waals surface area (Å²) in [5.74, 6) is 0.595. The molecule has 0 spiro atoms. The number of hydrogen-bond donors (Lipinski definition) is 1. The van der Waals surface area contributed by atoms with Crippen molar-refractivity contribution in [3.63, 3.8) is 0 Å². The lowest BCUT2D eigenvalue weighted by Gasteiger charge is -2.18. The molecule has 1 rings (SSSR count). The van der Waals surface area contributed by atoms with Crippen molar-refractivity contribution < 1.29 is 4.74 Å². The van der Waals surface area contributed by atoms with Gasteiger partial charge in [-0.15, -0.1) is 0 Å². The van der Waals surface area contributed by atoms with Crippen molar-refractivity contribution in [2.45, 2.75) is 39.7 Å². The molecule has 0 aromatic heterocycles. The summed E-state index contributed by atoms with van der Waals surface area (Å²) in [5.41, 5.74) is 1.31. The first-order valence-corrected chi connectivity index (χ1v) is 7.56. The topological polar surface area (TPSA) is 21.3 Å². The van der Waals surface area contributed by atoms with E-state index >= 15 is 0 Å². The molecular formula is C16H26ClNO. The monoisotopic (exact) mass is 283 g/mol. The molecule has 0 radical (unpaired) electrons. The highest BCUT2D eigenvalue weighted by atomic mass is 35.5. The average molecular weight is 284 g/mol. The average Bonchev–Trinajstić information content (AvgIpc) is 2.35. The zero-order valence-corrected chi connectivity index (χ0v) is 13.0. The van der Waals surface area contributed by atoms with Crippen molar-refractivity contribution in [1.82, 2.24) is 5.32 Å². The van der Waals surface area contributed by atoms with E-state index in [9.17, 15) is 0 Å². The van der Waals surface area contributed by atoms with Gasteiger partial charge in [0.05, 0.1) is 6.10 Å². The third kappa shape index (κ3) is 7.56. The maximum atomic E-state index is 6.04. The highest BCUT2D eigenvalue weighted by molar-refractivity contribution is 6.30. The van der Waals surface area contributed by atoms with Crippen LogP contribution in [-0.2, 0) is 11.2 Å². The van der Waals surface area contributed by atoms with Crippen LogP contribution in [0.15, 0.2) is 24.3 Å². The molecule has 0 saturated carbocycles. The van der Waals surface area contributed by atoms with Crippen molar-refractivity contribution in [3.05, 3.63) is 34.9 Å². The van der Waals surface area contributed by atoms with Gasteiger partial charge in [-0.05, 0) is 63.4 Å². The molecule has 1 unspecified atom stereocenters. The molecule has 0 saturated heterocycles. The molecule has 0 fully saturated rings. The van der Waals surface area contributed by atoms with E-state index in [1.54, 1.807) is 0 Å². The summed E-state index contributed by atoms with van der Waals surface area (Å²) in [6.45, 7) is 9.17. The fourth-order valence-corrected chi connectivity index (χ4v) is 2.31. The van der Waals surface area contributed by atoms with Gasteiger partial charge in [0.2, 0.25) is 0 Å². The van der Waals surface area contributed by atoms with Gasteiger partial charge >= 0.3 is 0 Å². The fourth-order valence-electron chi connectivity index (χ4n) is 2.09. The number of halogens is 1. The van der Waals surface area contributed by atoms with E-state index in [4.69, 9.17) is 16.3 Å². The fraction of sp³-hybridized carbons (Fsp3) is 0.625. The SMILES string of the molecule is CCNCC(CCOC(C)C)Cc1cccc(Cl)c1. The lowest BCUT2D eigenvalue weighted by atomic mass is 9.96. The Kier molecular flexibility index (Phi) is 8.11. The first kappa shape index (κ1) is 16.5. The normalized spacial score (nSPS) is 12.9. The summed E-state index contributed by atoms with van der Waals surface area (Å²) >= 11 is 6.04. The van der Waals surface area contributed by atoms with E-state index in [1.807, 2.05) is 12.1 Å². The van der Waals surface area contributed by atoms with Crippen molar-refractivity contribution in [2.24, 2.45) is 5.92 Å². The molecule has 3 heteroatoms. The standard InChI is InChI=1S/C16H26ClNO/c1-4-18-12-15(8-9-19-13(2)3)10-14-6-5-7-16(17)11-14/h5-7,11,13,15,18H,4,8-10,12H2,1-3H3. The summed E-state index contributed by atoms with van der Waals surface area (Å²) in [7, 11) is 0. The highest BCUT2D eigenvalue weighted by Gasteiger charge is 2.10. The number of nitrogens with one attached hydrogen (secondary N) is 1. The molecule has 0 aliphatic rings. The molecule has 0 heterocycles. The van der Waals surface area contributed by atoms with Gasteiger partial charge in [0.25, 0.3) is 0 Å². The maximum absolute atomic E-state index is 6.04. The van der Waals surface area contributed by atoms with E-state index < -0.39 is 0 Å². The van der Waals surface area contributed by atoms with E-state index in [0.717, 1.165) is 37.6 Å². The van der Waals surface area contributed by atoms with Gasteiger partial charge in [0, 0.05) is 11.6 Å². The lowest BCUT2D eigenvalue weighted by molar-refractivity contribution is 0.0683. The second-order valence-electron chi connectivity index (χ2n) is 5.22. The van der Waals surface area contributed by atoms with Crippen molar-refractivity contribution >= 4 is 11.6 Å². The number of rotatable bonds is 9. The van der Waals surface area contributed by atoms with Crippen LogP contribution in [-0.4, -0.2) is 25.8 Å². The predicted octanol–water partition coefficient (Wildman–Crippen LogP) is 3.92. The Labute approximate surface area is 122 Å². The first-order chi connectivity index (χ1) is 9.11. The zero-order chi connectivity index (χ0) is 14.1. The summed E-state index contributed by atoms with van der Waals surface area (Å²) in [4.78, 5) is 0. The minimum atomic E-state index is 0.311. The molecule has 1 aromatic carbocycles. The van der Waals surface area contributed by atoms with Gasteiger partial charge in [-0.2, -0.15) is 0 Å².